The molecule has 0 atom stereocenters. The third-order valence-electron chi connectivity index (χ3n) is 13.1. The Kier molecular flexibility index (Phi) is 52.1. The van der Waals surface area contributed by atoms with E-state index < -0.39 is 36.3 Å². The van der Waals surface area contributed by atoms with Crippen LogP contribution in [0.2, 0.25) is 0 Å². The van der Waals surface area contributed by atoms with Gasteiger partial charge in [0.1, 0.15) is 0 Å². The molecule has 0 bridgehead atoms. The van der Waals surface area contributed by atoms with Crippen molar-refractivity contribution in [3.8, 4) is 0 Å². The van der Waals surface area contributed by atoms with Gasteiger partial charge in [-0.25, -0.2) is 0 Å². The molecule has 0 aliphatic rings. The van der Waals surface area contributed by atoms with Gasteiger partial charge in [0.25, 0.3) is 0 Å². The Labute approximate surface area is 827 Å². The van der Waals surface area contributed by atoms with Gasteiger partial charge in [-0.3, -0.25) is 0 Å². The molecule has 577 valence electrons. The Hall–Kier alpha value is -4.14. The molecule has 0 unspecified atom stereocenters. The van der Waals surface area contributed by atoms with Crippen LogP contribution in [-0.2, 0) is 122 Å². The number of nitrogens with two attached hydrogens (primary N) is 1. The van der Waals surface area contributed by atoms with E-state index in [1.165, 1.54) is 50.0 Å². The van der Waals surface area contributed by atoms with Gasteiger partial charge in [-0.1, -0.05) is 0 Å². The second kappa shape index (κ2) is 54.1. The molecule has 32 nitrogen and oxygen atoms in total. The normalized spacial score (nSPS) is 11.3. The van der Waals surface area contributed by atoms with Crippen molar-refractivity contribution in [1.82, 2.24) is 55.2 Å². The van der Waals surface area contributed by atoms with Crippen LogP contribution in [0.4, 0.5) is 35.0 Å². The van der Waals surface area contributed by atoms with E-state index in [2.05, 4.69) is 145 Å². The number of nitrogens with one attached hydrogen (secondary N) is 7. The Morgan fingerprint density at radius 3 is 1.12 bits per heavy atom. The smallest absolute Gasteiger partial charge is 0 e. The molecule has 45 heteroatoms. The van der Waals surface area contributed by atoms with Crippen LogP contribution < -0.4 is 69.2 Å². The van der Waals surface area contributed by atoms with E-state index in [-0.39, 0.29) is 253 Å². The third-order valence-corrected chi connectivity index (χ3v) is 17.6. The minimum Gasteiger partial charge on any atom is 0 e. The molecule has 0 aromatic carbocycles. The largest absolute Gasteiger partial charge is 0 e. The zero-order valence-corrected chi connectivity index (χ0v) is 90.6. The molecule has 0 spiro atoms. The van der Waals surface area contributed by atoms with Crippen LogP contribution in [0.25, 0.3) is 98.0 Å². The molecule has 10 aromatic heterocycles. The molecule has 10 aromatic rings. The number of furan rings is 5. The average molecular weight is 2990 g/mol. The molecule has 0 aliphatic heterocycles. The summed E-state index contributed by atoms with van der Waals surface area (Å²) in [6.45, 7) is 30.2. The molecule has 0 fully saturated rings. The number of nitrogens with zero attached hydrogens (tertiary/aromatic N) is 11. The van der Waals surface area contributed by atoms with Crippen LogP contribution in [0, 0.1) is 166 Å². The first-order chi connectivity index (χ1) is 50.6. The predicted octanol–water partition coefficient (Wildman–Crippen LogP) is 1.28. The van der Waals surface area contributed by atoms with Crippen molar-refractivity contribution in [3.05, 3.63) is 242 Å². The van der Waals surface area contributed by atoms with E-state index in [1.54, 1.807) is 60.7 Å². The minimum absolute atomic E-state index is 0. The summed E-state index contributed by atoms with van der Waals surface area (Å²) in [7, 11) is -6.36. The van der Waals surface area contributed by atoms with E-state index in [4.69, 9.17) is 89.4 Å². The van der Waals surface area contributed by atoms with Crippen molar-refractivity contribution in [2.45, 2.75) is 12.8 Å². The summed E-state index contributed by atoms with van der Waals surface area (Å²) in [6.07, 6.45) is 20.6. The van der Waals surface area contributed by atoms with Crippen LogP contribution in [0.3, 0.4) is 0 Å². The van der Waals surface area contributed by atoms with Crippen molar-refractivity contribution < 1.29 is 294 Å². The summed E-state index contributed by atoms with van der Waals surface area (Å²) < 4.78 is 75.1. The summed E-state index contributed by atoms with van der Waals surface area (Å²) >= 11 is 11.6. The van der Waals surface area contributed by atoms with Gasteiger partial charge in [-0.15, -0.1) is 24.0 Å². The van der Waals surface area contributed by atoms with Crippen LogP contribution in [0.1, 0.15) is 56.6 Å². The van der Waals surface area contributed by atoms with E-state index in [0.717, 1.165) is 32.4 Å². The first kappa shape index (κ1) is 109. The number of carbonyl (C=O) groups is 2. The number of aromatic nitrogens is 10. The van der Waals surface area contributed by atoms with Crippen molar-refractivity contribution in [2.24, 2.45) is 5.73 Å². The fourth-order valence-electron chi connectivity index (χ4n) is 8.06. The first-order valence-corrected chi connectivity index (χ1v) is 37.7. The predicted molar refractivity (Wildman–Crippen MR) is 399 cm³/mol. The number of halogens is 1. The maximum atomic E-state index is 11.6. The fourth-order valence-corrected chi connectivity index (χ4v) is 11.1. The number of hydrogen-bond acceptors (Lipinski definition) is 25. The maximum Gasteiger partial charge on any atom is 0 e. The zero-order chi connectivity index (χ0) is 78.7. The third kappa shape index (κ3) is 37.8. The molecule has 10 heterocycles. The molecule has 0 saturated carbocycles. The van der Waals surface area contributed by atoms with Gasteiger partial charge >= 0.3 is 660 Å². The number of carbonyl (C=O) groups excluding carboxylic acids is 2. The molecule has 0 saturated heterocycles. The SMILES string of the molecule is I.[CH-]=c1ncnc([NH-])c1=C[C](=[V])c1ccc(/C=C/[N+](=O)[O-])o1.[CH-]=c1ncnc([NH-])c1=C[C](=[V])c1ccc(C=O)o1.[CH-]=c1ncnc([NH-])c1=C[C](=[V])c1ccc(CCN)o1.[CH-]=c1ncnc([NH-])c1=C[C](=[V])c1ccc(CCNCCS(C)(=O)=O)o1.[CH-]=c1ncnc([NH-])c1=C[C](=[V])c1ccc(NC(=O)CS(C)(=O)=O)o1.[U].[U].[U].[U].[U]. The second-order valence-corrected chi connectivity index (χ2v) is 29.5. The van der Waals surface area contributed by atoms with E-state index in [0.29, 0.717) is 112 Å². The number of sulfone groups is 2. The molecule has 9 N–H and O–H groups in total. The van der Waals surface area contributed by atoms with Crippen molar-refractivity contribution in [1.29, 1.82) is 0 Å². The first-order valence-electron chi connectivity index (χ1n) is 30.1. The monoisotopic (exact) mass is 2980 g/mol. The summed E-state index contributed by atoms with van der Waals surface area (Å²) in [5, 5.41) is 18.8. The van der Waals surface area contributed by atoms with Crippen LogP contribution in [0.15, 0.2) is 121 Å². The number of nitro groups is 1. The molecule has 0 radical (unpaired) electrons. The van der Waals surface area contributed by atoms with Crippen LogP contribution >= 0.6 is 24.0 Å². The minimum atomic E-state index is -3.42. The molecular weight excluding hydrogens is 2930 g/mol. The molecule has 0 aliphatic carbocycles. The van der Waals surface area contributed by atoms with E-state index >= 15 is 0 Å². The van der Waals surface area contributed by atoms with Gasteiger partial charge in [-0.05, 0) is 0 Å². The van der Waals surface area contributed by atoms with Crippen molar-refractivity contribution in [2.75, 3.05) is 49.0 Å². The number of anilines is 1. The molecular formula is C68H58IN19O13S2U5V5-10. The van der Waals surface area contributed by atoms with Gasteiger partial charge in [0, 0.05) is 156 Å². The van der Waals surface area contributed by atoms with Gasteiger partial charge in [0.15, 0.2) is 0 Å². The Bertz CT molecular complexity index is 5950. The van der Waals surface area contributed by atoms with Crippen molar-refractivity contribution in [3.63, 3.8) is 0 Å². The number of amides is 1. The molecule has 10 rings (SSSR count). The summed E-state index contributed by atoms with van der Waals surface area (Å²) in [4.78, 5) is 69.8. The van der Waals surface area contributed by atoms with E-state index in [1.807, 2.05) is 24.3 Å². The fraction of sp³-hybridized carbons (Fsp3) is 0.132. The second-order valence-electron chi connectivity index (χ2n) is 21.4. The van der Waals surface area contributed by atoms with Gasteiger partial charge < -0.3 is 0 Å². The topological polar surface area (TPSA) is 509 Å². The molecule has 1 amide bonds. The van der Waals surface area contributed by atoms with Crippen molar-refractivity contribution >= 4 is 181 Å². The number of hydrogen-bond donors (Lipinski definition) is 3. The summed E-state index contributed by atoms with van der Waals surface area (Å²) in [5.74, 6) is 4.00. The Balaban J connectivity index is 0.00000138. The van der Waals surface area contributed by atoms with E-state index in [9.17, 15) is 36.5 Å². The standard InChI is InChI=1S/C16H18N4O3S.C14H13N4O4S.C13H8N4O3.C13H12N4O.C12H7N3O2.HI.5U.5V/c1-12-15(16(17)20-11-19-12)6-5-13-3-4-14(23-13)7-8-18-9-10-24(2,21)22;1-9-11(14(15)17-8-16-9)5-3-10-4-6-13(22-10)18-12(19)7-23(2,20)21;1-9-12(13(14)16-8-15-9)5-4-10-2-3-11(20-10)6-7-17(18)19;1-9-12(13(15)17-8-16-9)5-4-10-2-3-11(18-10)6-7-14;1-8-11(12(13)15-7-14-8)5-4-9-2-3-10(6-16)17-9;;;;;;;;;;;/h1,3-4,6,11,18H,7-10H2,2H3,(H-,17,19,20);1,4-6,8H,7H2,2H3,(H3,15,16,17,18,19);1-3,5-8H,(H-,14,15,16);1-3,5,8H,6-7,14H2,(H-,15,16,17);1-3,5-7H,(H-,13,14,15);1H;;;;;;;;;;/q-2;-1;3*-2;;;;;;;;;;;/p-1/b;;7-6+,12-5?;;;;;;;;;;;;;. The van der Waals surface area contributed by atoms with Crippen LogP contribution in [0.5, 0.6) is 0 Å². The maximum absolute atomic E-state index is 11.6. The summed E-state index contributed by atoms with van der Waals surface area (Å²) in [5.41, 5.74) is 44.0. The number of aldehydes is 1. The number of rotatable bonds is 24. The van der Waals surface area contributed by atoms with Crippen LogP contribution in [-0.4, -0.2) is 149 Å². The van der Waals surface area contributed by atoms with Gasteiger partial charge in [-0.2, -0.15) is 0 Å². The summed E-state index contributed by atoms with van der Waals surface area (Å²) in [6, 6.07) is 17.0. The zero-order valence-electron chi connectivity index (χ0n) is 58.9. The van der Waals surface area contributed by atoms with Gasteiger partial charge in [0.2, 0.25) is 0 Å². The Morgan fingerprint density at radius 1 is 0.487 bits per heavy atom. The average Bonchev–Trinajstić information content (AvgIpc) is 1.84. The molecule has 113 heavy (non-hydrogen) atoms. The van der Waals surface area contributed by atoms with Gasteiger partial charge in [0.05, 0.1) is 0 Å². The Morgan fingerprint density at radius 2 is 0.805 bits per heavy atom. The quantitative estimate of drug-likeness (QED) is 0.0191.